The van der Waals surface area contributed by atoms with Gasteiger partial charge in [-0.05, 0) is 80.4 Å². The van der Waals surface area contributed by atoms with Gasteiger partial charge in [-0.2, -0.15) is 4.31 Å². The van der Waals surface area contributed by atoms with Crippen molar-refractivity contribution in [3.8, 4) is 0 Å². The van der Waals surface area contributed by atoms with E-state index in [1.165, 1.54) is 52.8 Å². The normalized spacial score (nSPS) is 14.5. The van der Waals surface area contributed by atoms with Gasteiger partial charge in [-0.1, -0.05) is 17.7 Å². The molecule has 0 bridgehead atoms. The van der Waals surface area contributed by atoms with E-state index in [9.17, 15) is 26.0 Å². The van der Waals surface area contributed by atoms with Crippen molar-refractivity contribution in [1.29, 1.82) is 0 Å². The van der Waals surface area contributed by atoms with Gasteiger partial charge >= 0.3 is 0 Å². The van der Waals surface area contributed by atoms with Crippen molar-refractivity contribution in [2.45, 2.75) is 29.6 Å². The monoisotopic (exact) mass is 531 g/mol. The molecule has 0 atom stereocenters. The van der Waals surface area contributed by atoms with Crippen LogP contribution >= 0.6 is 0 Å². The Morgan fingerprint density at radius 3 is 2.00 bits per heavy atom. The van der Waals surface area contributed by atoms with E-state index in [2.05, 4.69) is 5.32 Å². The SMILES string of the molecule is Cc1ccc(S(=O)(=O)N(CC(=O)Nc2ccc(S(=O)(=O)N3CCCC3)cc2)c2ccc(F)cc2)cc1. The molecule has 1 aliphatic heterocycles. The Bertz CT molecular complexity index is 1440. The highest BCUT2D eigenvalue weighted by Gasteiger charge is 2.28. The number of halogens is 1. The van der Waals surface area contributed by atoms with Gasteiger partial charge in [-0.25, -0.2) is 21.2 Å². The number of anilines is 2. The largest absolute Gasteiger partial charge is 0.325 e. The molecule has 1 fully saturated rings. The van der Waals surface area contributed by atoms with Crippen LogP contribution in [0.2, 0.25) is 0 Å². The van der Waals surface area contributed by atoms with Gasteiger partial charge in [0.05, 0.1) is 15.5 Å². The molecular formula is C25H26FN3O5S2. The number of hydrogen-bond donors (Lipinski definition) is 1. The second kappa shape index (κ2) is 10.4. The summed E-state index contributed by atoms with van der Waals surface area (Å²) in [7, 11) is -7.73. The zero-order valence-electron chi connectivity index (χ0n) is 19.6. The van der Waals surface area contributed by atoms with Gasteiger partial charge in [0.2, 0.25) is 15.9 Å². The molecule has 1 saturated heterocycles. The van der Waals surface area contributed by atoms with Gasteiger partial charge in [0.25, 0.3) is 10.0 Å². The summed E-state index contributed by atoms with van der Waals surface area (Å²) in [6, 6.07) is 16.7. The van der Waals surface area contributed by atoms with Crippen LogP contribution in [-0.2, 0) is 24.8 Å². The molecular weight excluding hydrogens is 505 g/mol. The van der Waals surface area contributed by atoms with Crippen LogP contribution in [0.25, 0.3) is 0 Å². The van der Waals surface area contributed by atoms with Gasteiger partial charge in [0, 0.05) is 18.8 Å². The van der Waals surface area contributed by atoms with Crippen LogP contribution < -0.4 is 9.62 Å². The van der Waals surface area contributed by atoms with E-state index < -0.39 is 38.3 Å². The van der Waals surface area contributed by atoms with E-state index in [1.54, 1.807) is 12.1 Å². The molecule has 0 unspecified atom stereocenters. The summed E-state index contributed by atoms with van der Waals surface area (Å²) >= 11 is 0. The van der Waals surface area contributed by atoms with Crippen LogP contribution in [0.4, 0.5) is 15.8 Å². The highest BCUT2D eigenvalue weighted by atomic mass is 32.2. The molecule has 190 valence electrons. The van der Waals surface area contributed by atoms with E-state index in [0.717, 1.165) is 34.8 Å². The molecule has 3 aromatic carbocycles. The molecule has 0 aromatic heterocycles. The van der Waals surface area contributed by atoms with Crippen LogP contribution in [0.15, 0.2) is 82.6 Å². The Hall–Kier alpha value is -3.28. The number of carbonyl (C=O) groups excluding carboxylic acids is 1. The third-order valence-electron chi connectivity index (χ3n) is 5.85. The van der Waals surface area contributed by atoms with Crippen LogP contribution in [0.1, 0.15) is 18.4 Å². The molecule has 4 rings (SSSR count). The second-order valence-electron chi connectivity index (χ2n) is 8.48. The van der Waals surface area contributed by atoms with Crippen molar-refractivity contribution in [1.82, 2.24) is 4.31 Å². The fourth-order valence-electron chi connectivity index (χ4n) is 3.88. The maximum Gasteiger partial charge on any atom is 0.264 e. The average Bonchev–Trinajstić information content (AvgIpc) is 3.40. The van der Waals surface area contributed by atoms with Gasteiger partial charge in [0.1, 0.15) is 12.4 Å². The molecule has 1 amide bonds. The first kappa shape index (κ1) is 25.8. The summed E-state index contributed by atoms with van der Waals surface area (Å²) in [4.78, 5) is 13.0. The lowest BCUT2D eigenvalue weighted by atomic mass is 10.2. The first-order chi connectivity index (χ1) is 17.1. The smallest absolute Gasteiger partial charge is 0.264 e. The Morgan fingerprint density at radius 1 is 0.861 bits per heavy atom. The van der Waals surface area contributed by atoms with Gasteiger partial charge < -0.3 is 5.32 Å². The molecule has 3 aromatic rings. The zero-order valence-corrected chi connectivity index (χ0v) is 21.2. The molecule has 8 nitrogen and oxygen atoms in total. The molecule has 0 spiro atoms. The topological polar surface area (TPSA) is 104 Å². The number of nitrogens with one attached hydrogen (secondary N) is 1. The third-order valence-corrected chi connectivity index (χ3v) is 9.55. The van der Waals surface area contributed by atoms with Crippen molar-refractivity contribution in [2.24, 2.45) is 0 Å². The summed E-state index contributed by atoms with van der Waals surface area (Å²) in [5.74, 6) is -1.19. The maximum absolute atomic E-state index is 13.5. The Labute approximate surface area is 210 Å². The molecule has 0 saturated carbocycles. The molecule has 1 aliphatic rings. The lowest BCUT2D eigenvalue weighted by Crippen LogP contribution is -2.38. The van der Waals surface area contributed by atoms with Crippen molar-refractivity contribution in [3.05, 3.63) is 84.2 Å². The number of amides is 1. The lowest BCUT2D eigenvalue weighted by Gasteiger charge is -2.24. The number of carbonyl (C=O) groups is 1. The summed E-state index contributed by atoms with van der Waals surface area (Å²) < 4.78 is 68.0. The number of benzene rings is 3. The van der Waals surface area contributed by atoms with E-state index in [1.807, 2.05) is 6.92 Å². The first-order valence-electron chi connectivity index (χ1n) is 11.3. The highest BCUT2D eigenvalue weighted by molar-refractivity contribution is 7.92. The van der Waals surface area contributed by atoms with E-state index in [4.69, 9.17) is 0 Å². The molecule has 0 radical (unpaired) electrons. The Balaban J connectivity index is 1.55. The average molecular weight is 532 g/mol. The third kappa shape index (κ3) is 5.58. The van der Waals surface area contributed by atoms with Crippen LogP contribution in [-0.4, -0.2) is 46.7 Å². The van der Waals surface area contributed by atoms with E-state index in [0.29, 0.717) is 18.8 Å². The Morgan fingerprint density at radius 2 is 1.42 bits per heavy atom. The number of nitrogens with zero attached hydrogens (tertiary/aromatic N) is 2. The summed E-state index contributed by atoms with van der Waals surface area (Å²) in [5, 5.41) is 2.61. The molecule has 11 heteroatoms. The minimum absolute atomic E-state index is 0.0123. The first-order valence-corrected chi connectivity index (χ1v) is 14.2. The van der Waals surface area contributed by atoms with Crippen LogP contribution in [0.5, 0.6) is 0 Å². The van der Waals surface area contributed by atoms with Gasteiger partial charge in [-0.3, -0.25) is 9.10 Å². The number of hydrogen-bond acceptors (Lipinski definition) is 5. The van der Waals surface area contributed by atoms with E-state index >= 15 is 0 Å². The standard InChI is InChI=1S/C25H26FN3O5S2/c1-19-4-12-24(13-5-19)36(33,34)29(22-10-6-20(26)7-11-22)18-25(30)27-21-8-14-23(15-9-21)35(31,32)28-16-2-3-17-28/h4-15H,2-3,16-18H2,1H3,(H,27,30). The van der Waals surface area contributed by atoms with Gasteiger partial charge in [0.15, 0.2) is 0 Å². The maximum atomic E-state index is 13.5. The fourth-order valence-corrected chi connectivity index (χ4v) is 6.82. The summed E-state index contributed by atoms with van der Waals surface area (Å²) in [6.45, 7) is 2.21. The minimum atomic E-state index is -4.14. The number of rotatable bonds is 8. The Kier molecular flexibility index (Phi) is 7.43. The molecule has 1 N–H and O–H groups in total. The highest BCUT2D eigenvalue weighted by Crippen LogP contribution is 2.25. The number of sulfonamides is 2. The number of aryl methyl sites for hydroxylation is 1. The predicted octanol–water partition coefficient (Wildman–Crippen LogP) is 3.75. The van der Waals surface area contributed by atoms with Gasteiger partial charge in [-0.15, -0.1) is 0 Å². The quantitative estimate of drug-likeness (QED) is 0.477. The van der Waals surface area contributed by atoms with Crippen LogP contribution in [0, 0.1) is 12.7 Å². The van der Waals surface area contributed by atoms with Crippen molar-refractivity contribution >= 4 is 37.3 Å². The summed E-state index contributed by atoms with van der Waals surface area (Å²) in [6.07, 6.45) is 1.65. The van der Waals surface area contributed by atoms with Crippen molar-refractivity contribution in [2.75, 3.05) is 29.3 Å². The molecule has 0 aliphatic carbocycles. The predicted molar refractivity (Wildman–Crippen MR) is 135 cm³/mol. The fraction of sp³-hybridized carbons (Fsp3) is 0.240. The zero-order chi connectivity index (χ0) is 25.9. The van der Waals surface area contributed by atoms with Crippen molar-refractivity contribution in [3.63, 3.8) is 0 Å². The van der Waals surface area contributed by atoms with Crippen LogP contribution in [0.3, 0.4) is 0 Å². The second-order valence-corrected chi connectivity index (χ2v) is 12.3. The van der Waals surface area contributed by atoms with E-state index in [-0.39, 0.29) is 15.5 Å². The molecule has 36 heavy (non-hydrogen) atoms. The molecule has 1 heterocycles. The summed E-state index contributed by atoms with van der Waals surface area (Å²) in [5.41, 5.74) is 1.31. The minimum Gasteiger partial charge on any atom is -0.325 e. The van der Waals surface area contributed by atoms with Crippen molar-refractivity contribution < 1.29 is 26.0 Å². The lowest BCUT2D eigenvalue weighted by molar-refractivity contribution is -0.114.